The van der Waals surface area contributed by atoms with Crippen molar-refractivity contribution in [3.8, 4) is 0 Å². The van der Waals surface area contributed by atoms with Crippen LogP contribution in [0.2, 0.25) is 0 Å². The highest BCUT2D eigenvalue weighted by Gasteiger charge is 2.46. The number of nitrogens with zero attached hydrogens (tertiary/aromatic N) is 1. The van der Waals surface area contributed by atoms with Gasteiger partial charge in [-0.3, -0.25) is 4.79 Å². The summed E-state index contributed by atoms with van der Waals surface area (Å²) in [5.41, 5.74) is -3.02. The van der Waals surface area contributed by atoms with Crippen LogP contribution < -0.4 is 0 Å². The van der Waals surface area contributed by atoms with E-state index in [1.54, 1.807) is 0 Å². The minimum Gasteiger partial charge on any atom is -0.469 e. The first-order valence-electron chi connectivity index (χ1n) is 11.4. The van der Waals surface area contributed by atoms with Gasteiger partial charge in [0.2, 0.25) is 0 Å². The van der Waals surface area contributed by atoms with Crippen molar-refractivity contribution in [2.24, 2.45) is 0 Å². The molecule has 0 radical (unpaired) electrons. The molecule has 3 rings (SSSR count). The van der Waals surface area contributed by atoms with Crippen molar-refractivity contribution < 1.29 is 54.9 Å². The molecule has 0 unspecified atom stereocenters. The van der Waals surface area contributed by atoms with E-state index in [1.807, 2.05) is 0 Å². The van der Waals surface area contributed by atoms with Crippen LogP contribution in [0, 0.1) is 5.82 Å². The molecule has 1 saturated heterocycles. The van der Waals surface area contributed by atoms with Crippen LogP contribution >= 0.6 is 0 Å². The zero-order valence-corrected chi connectivity index (χ0v) is 20.1. The van der Waals surface area contributed by atoms with Gasteiger partial charge in [0, 0.05) is 18.4 Å². The fourth-order valence-corrected chi connectivity index (χ4v) is 4.61. The third kappa shape index (κ3) is 6.74. The van der Waals surface area contributed by atoms with E-state index in [0.717, 1.165) is 24.1 Å². The molecule has 4 atom stereocenters. The highest BCUT2D eigenvalue weighted by molar-refractivity contribution is 5.70. The van der Waals surface area contributed by atoms with Gasteiger partial charge >= 0.3 is 24.4 Å². The molecule has 0 aromatic heterocycles. The number of halogens is 7. The Morgan fingerprint density at radius 2 is 1.58 bits per heavy atom. The van der Waals surface area contributed by atoms with E-state index in [2.05, 4.69) is 4.74 Å². The average Bonchev–Trinajstić information content (AvgIpc) is 3.19. The molecule has 1 aliphatic heterocycles. The van der Waals surface area contributed by atoms with Crippen molar-refractivity contribution in [2.75, 3.05) is 13.7 Å². The Morgan fingerprint density at radius 3 is 2.05 bits per heavy atom. The van der Waals surface area contributed by atoms with Crippen molar-refractivity contribution in [2.45, 2.75) is 56.3 Å². The van der Waals surface area contributed by atoms with Gasteiger partial charge < -0.3 is 19.5 Å². The van der Waals surface area contributed by atoms with E-state index in [4.69, 9.17) is 4.74 Å². The lowest BCUT2D eigenvalue weighted by molar-refractivity contribution is -0.143. The molecule has 38 heavy (non-hydrogen) atoms. The predicted octanol–water partition coefficient (Wildman–Crippen LogP) is 6.41. The van der Waals surface area contributed by atoms with E-state index in [0.29, 0.717) is 17.7 Å². The van der Waals surface area contributed by atoms with Crippen LogP contribution in [0.5, 0.6) is 0 Å². The van der Waals surface area contributed by atoms with E-state index in [1.165, 1.54) is 19.1 Å². The smallest absolute Gasteiger partial charge is 0.416 e. The molecule has 0 aliphatic carbocycles. The molecule has 1 N–H and O–H groups in total. The van der Waals surface area contributed by atoms with Gasteiger partial charge in [0.1, 0.15) is 5.82 Å². The fraction of sp³-hybridized carbons (Fsp3) is 0.440. The Kier molecular flexibility index (Phi) is 8.59. The fourth-order valence-electron chi connectivity index (χ4n) is 4.61. The van der Waals surface area contributed by atoms with E-state index < -0.39 is 71.1 Å². The molecule has 6 nitrogen and oxygen atoms in total. The van der Waals surface area contributed by atoms with E-state index in [-0.39, 0.29) is 25.5 Å². The second-order valence-corrected chi connectivity index (χ2v) is 8.85. The molecule has 13 heteroatoms. The van der Waals surface area contributed by atoms with Gasteiger partial charge in [-0.1, -0.05) is 12.1 Å². The number of likely N-dealkylation sites (tertiary alicyclic amines) is 1. The largest absolute Gasteiger partial charge is 0.469 e. The highest BCUT2D eigenvalue weighted by Crippen LogP contribution is 2.42. The van der Waals surface area contributed by atoms with Gasteiger partial charge in [-0.05, 0) is 54.8 Å². The first-order chi connectivity index (χ1) is 17.6. The zero-order valence-electron chi connectivity index (χ0n) is 20.1. The molecule has 208 valence electrons. The number of rotatable bonds is 7. The highest BCUT2D eigenvalue weighted by atomic mass is 19.4. The monoisotopic (exact) mass is 551 g/mol. The van der Waals surface area contributed by atoms with Crippen molar-refractivity contribution in [3.63, 3.8) is 0 Å². The van der Waals surface area contributed by atoms with Crippen molar-refractivity contribution in [3.05, 3.63) is 70.5 Å². The summed E-state index contributed by atoms with van der Waals surface area (Å²) in [7, 11) is 1.15. The van der Waals surface area contributed by atoms with E-state index in [9.17, 15) is 45.4 Å². The van der Waals surface area contributed by atoms with Gasteiger partial charge in [-0.2, -0.15) is 26.3 Å². The summed E-state index contributed by atoms with van der Waals surface area (Å²) in [5.74, 6) is -2.01. The van der Waals surface area contributed by atoms with Crippen LogP contribution in [0.1, 0.15) is 54.0 Å². The Morgan fingerprint density at radius 1 is 1.03 bits per heavy atom. The van der Waals surface area contributed by atoms with Gasteiger partial charge in [0.25, 0.3) is 0 Å². The van der Waals surface area contributed by atoms with Crippen molar-refractivity contribution in [1.29, 1.82) is 0 Å². The topological polar surface area (TPSA) is 76.1 Å². The molecule has 0 bridgehead atoms. The number of ether oxygens (including phenoxy) is 2. The average molecular weight is 551 g/mol. The summed E-state index contributed by atoms with van der Waals surface area (Å²) in [4.78, 5) is 24.8. The number of alkyl halides is 6. The Hall–Kier alpha value is -3.35. The second kappa shape index (κ2) is 11.2. The number of carboxylic acid groups (broad SMARTS) is 1. The van der Waals surface area contributed by atoms with Gasteiger partial charge in [0.05, 0.1) is 37.0 Å². The molecular weight excluding hydrogens is 527 g/mol. The number of methoxy groups -OCH3 is 1. The lowest BCUT2D eigenvalue weighted by atomic mass is 9.87. The summed E-state index contributed by atoms with van der Waals surface area (Å²) in [6, 6.07) is 5.23. The summed E-state index contributed by atoms with van der Waals surface area (Å²) in [6.45, 7) is 0.961. The van der Waals surface area contributed by atoms with Crippen LogP contribution in [0.4, 0.5) is 35.5 Å². The maximum absolute atomic E-state index is 13.6. The SMILES string of the molecule is COC(=O)CC[C@H]1[C@H](c2ccc(F)cc2)[C@@H](O[C@H](C)c2cc(C(F)(F)F)cc(C(F)(F)F)c2)CN1C(=O)O. The molecule has 1 heterocycles. The minimum atomic E-state index is -5.06. The van der Waals surface area contributed by atoms with E-state index >= 15 is 0 Å². The standard InChI is InChI=1S/C25H24F7NO5/c1-13(15-9-16(24(27,28)29)11-17(10-15)25(30,31)32)38-20-12-33(23(35)36)19(7-8-21(34)37-2)22(20)14-3-5-18(26)6-4-14/h3-6,9-11,13,19-20,22H,7-8,12H2,1-2H3,(H,35,36)/t13-,19+,20+,22+/m1/s1. The number of esters is 1. The molecule has 0 saturated carbocycles. The zero-order chi connectivity index (χ0) is 28.4. The molecule has 1 aliphatic rings. The quantitative estimate of drug-likeness (QED) is 0.318. The number of carbonyl (C=O) groups excluding carboxylic acids is 1. The third-order valence-corrected chi connectivity index (χ3v) is 6.42. The molecule has 1 fully saturated rings. The summed E-state index contributed by atoms with van der Waals surface area (Å²) in [6.07, 6.45) is -14.0. The summed E-state index contributed by atoms with van der Waals surface area (Å²) < 4.78 is 104. The van der Waals surface area contributed by atoms with Crippen LogP contribution in [-0.2, 0) is 26.6 Å². The number of hydrogen-bond donors (Lipinski definition) is 1. The van der Waals surface area contributed by atoms with Gasteiger partial charge in [-0.15, -0.1) is 0 Å². The normalized spacial score (nSPS) is 20.9. The first-order valence-corrected chi connectivity index (χ1v) is 11.4. The number of amides is 1. The van der Waals surface area contributed by atoms with Crippen molar-refractivity contribution >= 4 is 12.1 Å². The Labute approximate surface area is 212 Å². The van der Waals surface area contributed by atoms with Crippen molar-refractivity contribution in [1.82, 2.24) is 4.90 Å². The maximum Gasteiger partial charge on any atom is 0.416 e. The number of benzene rings is 2. The van der Waals surface area contributed by atoms with Crippen LogP contribution in [-0.4, -0.2) is 47.9 Å². The molecule has 1 amide bonds. The predicted molar refractivity (Wildman–Crippen MR) is 119 cm³/mol. The van der Waals surface area contributed by atoms with Crippen LogP contribution in [0.3, 0.4) is 0 Å². The van der Waals surface area contributed by atoms with Gasteiger partial charge in [-0.25, -0.2) is 9.18 Å². The summed E-state index contributed by atoms with van der Waals surface area (Å²) in [5, 5.41) is 9.78. The second-order valence-electron chi connectivity index (χ2n) is 8.85. The number of carbonyl (C=O) groups is 2. The molecule has 2 aromatic rings. The maximum atomic E-state index is 13.6. The first kappa shape index (κ1) is 29.2. The number of hydrogen-bond acceptors (Lipinski definition) is 4. The van der Waals surface area contributed by atoms with Crippen LogP contribution in [0.15, 0.2) is 42.5 Å². The Bertz CT molecular complexity index is 1120. The molecule has 2 aromatic carbocycles. The lowest BCUT2D eigenvalue weighted by Gasteiger charge is -2.28. The molecule has 0 spiro atoms. The van der Waals surface area contributed by atoms with Crippen LogP contribution in [0.25, 0.3) is 0 Å². The third-order valence-electron chi connectivity index (χ3n) is 6.42. The minimum absolute atomic E-state index is 0.00210. The lowest BCUT2D eigenvalue weighted by Crippen LogP contribution is -2.36. The Balaban J connectivity index is 2.00. The summed E-state index contributed by atoms with van der Waals surface area (Å²) >= 11 is 0. The molecular formula is C25H24F7NO5. The van der Waals surface area contributed by atoms with Gasteiger partial charge in [0.15, 0.2) is 0 Å².